The van der Waals surface area contributed by atoms with E-state index in [0.717, 1.165) is 5.75 Å². The van der Waals surface area contributed by atoms with Crippen molar-refractivity contribution in [3.8, 4) is 17.2 Å². The molecule has 34 heavy (non-hydrogen) atoms. The Balaban J connectivity index is 1.23. The zero-order valence-electron chi connectivity index (χ0n) is 18.2. The molecule has 4 rings (SSSR count). The van der Waals surface area contributed by atoms with Gasteiger partial charge in [-0.3, -0.25) is 9.52 Å². The van der Waals surface area contributed by atoms with Gasteiger partial charge in [0.05, 0.1) is 11.5 Å². The zero-order valence-corrected chi connectivity index (χ0v) is 19.0. The van der Waals surface area contributed by atoms with Gasteiger partial charge in [-0.15, -0.1) is 0 Å². The number of amides is 1. The molecule has 178 valence electrons. The van der Waals surface area contributed by atoms with E-state index in [2.05, 4.69) is 10.0 Å². The molecule has 0 aromatic heterocycles. The second kappa shape index (κ2) is 10.9. The molecular weight excluding hydrogens is 460 g/mol. The Kier molecular flexibility index (Phi) is 7.51. The number of benzene rings is 3. The second-order valence-corrected chi connectivity index (χ2v) is 8.93. The SMILES string of the molecule is O=C(COCCOc1ccccc1)Nc1ccc(NS(=O)(=O)c2ccc3c(c2)OCCO3)cc1. The molecule has 1 aliphatic rings. The minimum Gasteiger partial charge on any atom is -0.491 e. The standard InChI is InChI=1S/C24H24N2O7S/c27-24(17-30-12-13-31-20-4-2-1-3-5-20)25-18-6-8-19(9-7-18)26-34(28,29)21-10-11-22-23(16-21)33-15-14-32-22/h1-11,16,26H,12-15,17H2,(H,25,27). The van der Waals surface area contributed by atoms with E-state index < -0.39 is 10.0 Å². The number of rotatable bonds is 10. The number of carbonyl (C=O) groups excluding carboxylic acids is 1. The highest BCUT2D eigenvalue weighted by molar-refractivity contribution is 7.92. The largest absolute Gasteiger partial charge is 0.491 e. The van der Waals surface area contributed by atoms with Crippen molar-refractivity contribution in [1.29, 1.82) is 0 Å². The average molecular weight is 485 g/mol. The maximum Gasteiger partial charge on any atom is 0.262 e. The Bertz CT molecular complexity index is 1220. The first-order valence-electron chi connectivity index (χ1n) is 10.6. The summed E-state index contributed by atoms with van der Waals surface area (Å²) >= 11 is 0. The minimum atomic E-state index is -3.83. The topological polar surface area (TPSA) is 112 Å². The van der Waals surface area contributed by atoms with Crippen molar-refractivity contribution in [2.75, 3.05) is 43.1 Å². The van der Waals surface area contributed by atoms with E-state index >= 15 is 0 Å². The van der Waals surface area contributed by atoms with Gasteiger partial charge in [0.1, 0.15) is 32.2 Å². The summed E-state index contributed by atoms with van der Waals surface area (Å²) in [5.74, 6) is 1.31. The van der Waals surface area contributed by atoms with Gasteiger partial charge in [0.25, 0.3) is 10.0 Å². The Hall–Kier alpha value is -3.76. The number of anilines is 2. The van der Waals surface area contributed by atoms with Crippen molar-refractivity contribution in [3.63, 3.8) is 0 Å². The number of para-hydroxylation sites is 1. The lowest BCUT2D eigenvalue weighted by molar-refractivity contribution is -0.120. The van der Waals surface area contributed by atoms with Gasteiger partial charge in [0.15, 0.2) is 11.5 Å². The normalized spacial score (nSPS) is 12.6. The van der Waals surface area contributed by atoms with Gasteiger partial charge in [-0.2, -0.15) is 0 Å². The number of ether oxygens (including phenoxy) is 4. The lowest BCUT2D eigenvalue weighted by Gasteiger charge is -2.19. The molecule has 10 heteroatoms. The number of carbonyl (C=O) groups is 1. The molecule has 3 aromatic rings. The van der Waals surface area contributed by atoms with Crippen LogP contribution in [0.25, 0.3) is 0 Å². The summed E-state index contributed by atoms with van der Waals surface area (Å²) in [4.78, 5) is 12.1. The van der Waals surface area contributed by atoms with Gasteiger partial charge < -0.3 is 24.3 Å². The molecule has 0 aliphatic carbocycles. The molecule has 1 amide bonds. The van der Waals surface area contributed by atoms with Crippen molar-refractivity contribution in [3.05, 3.63) is 72.8 Å². The van der Waals surface area contributed by atoms with E-state index in [4.69, 9.17) is 18.9 Å². The number of hydrogen-bond donors (Lipinski definition) is 2. The van der Waals surface area contributed by atoms with E-state index in [1.165, 1.54) is 12.1 Å². The maximum absolute atomic E-state index is 12.7. The molecule has 9 nitrogen and oxygen atoms in total. The molecule has 0 unspecified atom stereocenters. The molecule has 0 fully saturated rings. The molecule has 0 atom stereocenters. The van der Waals surface area contributed by atoms with Crippen LogP contribution in [-0.2, 0) is 19.6 Å². The molecule has 0 spiro atoms. The first kappa shape index (κ1) is 23.4. The zero-order chi connectivity index (χ0) is 23.8. The number of sulfonamides is 1. The highest BCUT2D eigenvalue weighted by Gasteiger charge is 2.19. The van der Waals surface area contributed by atoms with Gasteiger partial charge in [-0.1, -0.05) is 18.2 Å². The maximum atomic E-state index is 12.7. The van der Waals surface area contributed by atoms with Gasteiger partial charge in [0.2, 0.25) is 5.91 Å². The quantitative estimate of drug-likeness (QED) is 0.425. The predicted molar refractivity (Wildman–Crippen MR) is 126 cm³/mol. The minimum absolute atomic E-state index is 0.0579. The van der Waals surface area contributed by atoms with Crippen LogP contribution in [0.5, 0.6) is 17.2 Å². The molecule has 2 N–H and O–H groups in total. The van der Waals surface area contributed by atoms with Crippen molar-refractivity contribution in [2.24, 2.45) is 0 Å². The summed E-state index contributed by atoms with van der Waals surface area (Å²) in [5, 5.41) is 2.69. The molecule has 0 radical (unpaired) electrons. The average Bonchev–Trinajstić information content (AvgIpc) is 2.85. The highest BCUT2D eigenvalue weighted by Crippen LogP contribution is 2.32. The third-order valence-electron chi connectivity index (χ3n) is 4.72. The van der Waals surface area contributed by atoms with Crippen LogP contribution >= 0.6 is 0 Å². The van der Waals surface area contributed by atoms with Crippen molar-refractivity contribution < 1.29 is 32.2 Å². The number of hydrogen-bond acceptors (Lipinski definition) is 7. The molecule has 0 saturated carbocycles. The summed E-state index contributed by atoms with van der Waals surface area (Å²) < 4.78 is 49.6. The van der Waals surface area contributed by atoms with E-state index in [9.17, 15) is 13.2 Å². The van der Waals surface area contributed by atoms with Gasteiger partial charge >= 0.3 is 0 Å². The van der Waals surface area contributed by atoms with E-state index in [-0.39, 0.29) is 24.0 Å². The number of fused-ring (bicyclic) bond motifs is 1. The fraction of sp³-hybridized carbons (Fsp3) is 0.208. The first-order valence-corrected chi connectivity index (χ1v) is 12.1. The van der Waals surface area contributed by atoms with Crippen LogP contribution in [0, 0.1) is 0 Å². The van der Waals surface area contributed by atoms with Crippen LogP contribution in [0.15, 0.2) is 77.7 Å². The van der Waals surface area contributed by atoms with Crippen LogP contribution in [0.2, 0.25) is 0 Å². The Morgan fingerprint density at radius 1 is 0.853 bits per heavy atom. The molecule has 1 heterocycles. The number of nitrogens with one attached hydrogen (secondary N) is 2. The van der Waals surface area contributed by atoms with Crippen molar-refractivity contribution >= 4 is 27.3 Å². The van der Waals surface area contributed by atoms with Crippen LogP contribution in [-0.4, -0.2) is 47.4 Å². The van der Waals surface area contributed by atoms with Gasteiger partial charge in [0, 0.05) is 17.4 Å². The summed E-state index contributed by atoms with van der Waals surface area (Å²) in [7, 11) is -3.83. The summed E-state index contributed by atoms with van der Waals surface area (Å²) in [6, 6.07) is 20.1. The summed E-state index contributed by atoms with van der Waals surface area (Å²) in [5.41, 5.74) is 0.860. The predicted octanol–water partition coefficient (Wildman–Crippen LogP) is 3.29. The highest BCUT2D eigenvalue weighted by atomic mass is 32.2. The second-order valence-electron chi connectivity index (χ2n) is 7.25. The van der Waals surface area contributed by atoms with Crippen molar-refractivity contribution in [1.82, 2.24) is 0 Å². The van der Waals surface area contributed by atoms with Gasteiger partial charge in [-0.05, 0) is 48.5 Å². The van der Waals surface area contributed by atoms with Crippen LogP contribution < -0.4 is 24.2 Å². The Morgan fingerprint density at radius 2 is 1.56 bits per heavy atom. The monoisotopic (exact) mass is 484 g/mol. The Labute approximate surface area is 197 Å². The summed E-state index contributed by atoms with van der Waals surface area (Å²) in [6.07, 6.45) is 0. The van der Waals surface area contributed by atoms with Crippen LogP contribution in [0.3, 0.4) is 0 Å². The van der Waals surface area contributed by atoms with Crippen LogP contribution in [0.4, 0.5) is 11.4 Å². The molecule has 0 bridgehead atoms. The molecule has 3 aromatic carbocycles. The third-order valence-corrected chi connectivity index (χ3v) is 6.10. The van der Waals surface area contributed by atoms with E-state index in [1.54, 1.807) is 30.3 Å². The van der Waals surface area contributed by atoms with Crippen molar-refractivity contribution in [2.45, 2.75) is 4.90 Å². The van der Waals surface area contributed by atoms with E-state index in [0.29, 0.717) is 42.7 Å². The fourth-order valence-electron chi connectivity index (χ4n) is 3.12. The summed E-state index contributed by atoms with van der Waals surface area (Å²) in [6.45, 7) is 1.26. The molecular formula is C24H24N2O7S. The smallest absolute Gasteiger partial charge is 0.262 e. The Morgan fingerprint density at radius 3 is 2.32 bits per heavy atom. The lowest BCUT2D eigenvalue weighted by atomic mass is 10.3. The van der Waals surface area contributed by atoms with Gasteiger partial charge in [-0.25, -0.2) is 8.42 Å². The van der Waals surface area contributed by atoms with Crippen LogP contribution in [0.1, 0.15) is 0 Å². The third kappa shape index (κ3) is 6.40. The van der Waals surface area contributed by atoms with E-state index in [1.807, 2.05) is 30.3 Å². The molecule has 0 saturated heterocycles. The lowest BCUT2D eigenvalue weighted by Crippen LogP contribution is -2.20. The first-order chi connectivity index (χ1) is 16.5. The molecule has 1 aliphatic heterocycles. The fourth-order valence-corrected chi connectivity index (χ4v) is 4.20.